The maximum Gasteiger partial charge on any atom is 0.416 e. The number of halogens is 6. The molecule has 0 amide bonds. The van der Waals surface area contributed by atoms with Crippen LogP contribution in [0.5, 0.6) is 0 Å². The minimum Gasteiger partial charge on any atom is -0.166 e. The van der Waals surface area contributed by atoms with Crippen molar-refractivity contribution in [1.29, 1.82) is 0 Å². The van der Waals surface area contributed by atoms with Gasteiger partial charge in [-0.15, -0.1) is 22.7 Å². The van der Waals surface area contributed by atoms with Crippen LogP contribution >= 0.6 is 22.7 Å². The minimum absolute atomic E-state index is 0.503. The highest BCUT2D eigenvalue weighted by Gasteiger charge is 2.30. The van der Waals surface area contributed by atoms with E-state index in [0.717, 1.165) is 65.0 Å². The third-order valence-electron chi connectivity index (χ3n) is 6.21. The average Bonchev–Trinajstić information content (AvgIpc) is 3.45. The summed E-state index contributed by atoms with van der Waals surface area (Å²) in [5, 5.41) is 2.19. The number of hydrogen-bond acceptors (Lipinski definition) is 2. The van der Waals surface area contributed by atoms with Gasteiger partial charge in [0.2, 0.25) is 0 Å². The van der Waals surface area contributed by atoms with E-state index < -0.39 is 23.5 Å². The standard InChI is InChI=1S/C32H14F6S2/c33-31(34,35)23-11-5-19(6-12-23)1-3-21-9-15-25-27(17-21)39-30-26-16-10-22(18-28(26)40-29(25)30)4-2-20-7-13-24(14-8-20)32(36,37)38/h5-18H. The van der Waals surface area contributed by atoms with Gasteiger partial charge < -0.3 is 0 Å². The summed E-state index contributed by atoms with van der Waals surface area (Å²) < 4.78 is 81.0. The van der Waals surface area contributed by atoms with Crippen LogP contribution in [-0.2, 0) is 12.4 Å². The van der Waals surface area contributed by atoms with Gasteiger partial charge in [-0.1, -0.05) is 35.8 Å². The van der Waals surface area contributed by atoms with Crippen molar-refractivity contribution in [3.8, 4) is 23.7 Å². The molecule has 40 heavy (non-hydrogen) atoms. The predicted octanol–water partition coefficient (Wildman–Crippen LogP) is 10.1. The van der Waals surface area contributed by atoms with Crippen LogP contribution in [0.25, 0.3) is 29.6 Å². The molecule has 0 bridgehead atoms. The zero-order valence-electron chi connectivity index (χ0n) is 20.2. The summed E-state index contributed by atoms with van der Waals surface area (Å²) in [7, 11) is 0. The molecule has 0 spiro atoms. The predicted molar refractivity (Wildman–Crippen MR) is 150 cm³/mol. The molecule has 196 valence electrons. The Kier molecular flexibility index (Phi) is 6.34. The quantitative estimate of drug-likeness (QED) is 0.125. The Balaban J connectivity index is 1.27. The van der Waals surface area contributed by atoms with Crippen LogP contribution in [0.3, 0.4) is 0 Å². The lowest BCUT2D eigenvalue weighted by atomic mass is 10.1. The van der Waals surface area contributed by atoms with Crippen molar-refractivity contribution in [2.75, 3.05) is 0 Å². The smallest absolute Gasteiger partial charge is 0.166 e. The molecule has 6 aromatic rings. The first-order chi connectivity index (χ1) is 19.0. The molecule has 4 aromatic carbocycles. The first-order valence-electron chi connectivity index (χ1n) is 11.8. The summed E-state index contributed by atoms with van der Waals surface area (Å²) >= 11 is 3.29. The molecule has 0 aliphatic carbocycles. The van der Waals surface area contributed by atoms with Gasteiger partial charge in [-0.25, -0.2) is 0 Å². The Bertz CT molecular complexity index is 1870. The van der Waals surface area contributed by atoms with Gasteiger partial charge in [0.05, 0.1) is 20.5 Å². The Morgan fingerprint density at radius 2 is 0.750 bits per heavy atom. The normalized spacial score (nSPS) is 11.8. The van der Waals surface area contributed by atoms with E-state index in [1.807, 2.05) is 36.4 Å². The van der Waals surface area contributed by atoms with Crippen LogP contribution < -0.4 is 0 Å². The first-order valence-corrected chi connectivity index (χ1v) is 13.5. The van der Waals surface area contributed by atoms with Crippen molar-refractivity contribution in [3.05, 3.63) is 118 Å². The lowest BCUT2D eigenvalue weighted by Crippen LogP contribution is -2.04. The second-order valence-corrected chi connectivity index (χ2v) is 11.0. The first kappa shape index (κ1) is 26.0. The van der Waals surface area contributed by atoms with Crippen LogP contribution in [0, 0.1) is 23.7 Å². The van der Waals surface area contributed by atoms with Gasteiger partial charge in [0.1, 0.15) is 0 Å². The van der Waals surface area contributed by atoms with Crippen molar-refractivity contribution in [1.82, 2.24) is 0 Å². The fraction of sp³-hybridized carbons (Fsp3) is 0.0625. The van der Waals surface area contributed by atoms with E-state index in [2.05, 4.69) is 23.7 Å². The van der Waals surface area contributed by atoms with Crippen LogP contribution in [0.2, 0.25) is 0 Å². The molecular weight excluding hydrogens is 562 g/mol. The average molecular weight is 577 g/mol. The Labute approximate surface area is 232 Å². The van der Waals surface area contributed by atoms with E-state index in [-0.39, 0.29) is 0 Å². The van der Waals surface area contributed by atoms with Gasteiger partial charge in [0.15, 0.2) is 0 Å². The van der Waals surface area contributed by atoms with Gasteiger partial charge in [0, 0.05) is 42.4 Å². The summed E-state index contributed by atoms with van der Waals surface area (Å²) in [6, 6.07) is 21.3. The van der Waals surface area contributed by atoms with Crippen molar-refractivity contribution < 1.29 is 26.3 Å². The van der Waals surface area contributed by atoms with E-state index in [4.69, 9.17) is 0 Å². The molecule has 0 saturated heterocycles. The molecular formula is C32H14F6S2. The zero-order valence-corrected chi connectivity index (χ0v) is 21.8. The minimum atomic E-state index is -4.38. The fourth-order valence-electron chi connectivity index (χ4n) is 4.19. The zero-order chi connectivity index (χ0) is 28.1. The van der Waals surface area contributed by atoms with E-state index in [0.29, 0.717) is 11.1 Å². The van der Waals surface area contributed by atoms with Gasteiger partial charge in [0.25, 0.3) is 0 Å². The third kappa shape index (κ3) is 5.16. The van der Waals surface area contributed by atoms with E-state index in [9.17, 15) is 26.3 Å². The third-order valence-corrected chi connectivity index (χ3v) is 8.71. The largest absolute Gasteiger partial charge is 0.416 e. The van der Waals surface area contributed by atoms with Crippen LogP contribution in [-0.4, -0.2) is 0 Å². The number of benzene rings is 4. The highest BCUT2D eigenvalue weighted by atomic mass is 32.1. The maximum absolute atomic E-state index is 12.8. The Morgan fingerprint density at radius 3 is 1.10 bits per heavy atom. The molecule has 6 rings (SSSR count). The van der Waals surface area contributed by atoms with Crippen LogP contribution in [0.15, 0.2) is 84.9 Å². The van der Waals surface area contributed by atoms with E-state index >= 15 is 0 Å². The van der Waals surface area contributed by atoms with Gasteiger partial charge in [-0.3, -0.25) is 0 Å². The molecule has 0 fully saturated rings. The second kappa shape index (κ2) is 9.75. The lowest BCUT2D eigenvalue weighted by molar-refractivity contribution is -0.138. The molecule has 0 aliphatic heterocycles. The highest BCUT2D eigenvalue weighted by molar-refractivity contribution is 7.36. The van der Waals surface area contributed by atoms with Crippen molar-refractivity contribution >= 4 is 52.2 Å². The van der Waals surface area contributed by atoms with Crippen molar-refractivity contribution in [3.63, 3.8) is 0 Å². The van der Waals surface area contributed by atoms with Crippen LogP contribution in [0.1, 0.15) is 33.4 Å². The molecule has 0 unspecified atom stereocenters. The SMILES string of the molecule is FC(F)(F)c1ccc(C#Cc2ccc3c(c2)sc2c4ccc(C#Cc5ccc(C(F)(F)F)cc5)cc4sc32)cc1. The summed E-state index contributed by atoms with van der Waals surface area (Å²) in [6.07, 6.45) is -8.75. The summed E-state index contributed by atoms with van der Waals surface area (Å²) in [4.78, 5) is 0. The lowest BCUT2D eigenvalue weighted by Gasteiger charge is -2.05. The summed E-state index contributed by atoms with van der Waals surface area (Å²) in [5.74, 6) is 11.9. The van der Waals surface area contributed by atoms with Crippen molar-refractivity contribution in [2.24, 2.45) is 0 Å². The molecule has 0 nitrogen and oxygen atoms in total. The topological polar surface area (TPSA) is 0 Å². The molecule has 0 N–H and O–H groups in total. The fourth-order valence-corrected chi connectivity index (χ4v) is 6.92. The van der Waals surface area contributed by atoms with Gasteiger partial charge in [-0.2, -0.15) is 26.3 Å². The molecule has 0 aliphatic rings. The number of thiophene rings is 2. The number of fused-ring (bicyclic) bond motifs is 5. The van der Waals surface area contributed by atoms with Crippen LogP contribution in [0.4, 0.5) is 26.3 Å². The molecule has 0 saturated carbocycles. The molecule has 8 heteroatoms. The maximum atomic E-state index is 12.8. The van der Waals surface area contributed by atoms with Crippen molar-refractivity contribution in [2.45, 2.75) is 12.4 Å². The monoisotopic (exact) mass is 576 g/mol. The highest BCUT2D eigenvalue weighted by Crippen LogP contribution is 2.44. The van der Waals surface area contributed by atoms with E-state index in [1.54, 1.807) is 22.7 Å². The molecule has 2 aromatic heterocycles. The number of alkyl halides is 6. The van der Waals surface area contributed by atoms with E-state index in [1.165, 1.54) is 24.3 Å². The summed E-state index contributed by atoms with van der Waals surface area (Å²) in [6.45, 7) is 0. The molecule has 0 radical (unpaired) electrons. The van der Waals surface area contributed by atoms with Gasteiger partial charge in [-0.05, 0) is 72.8 Å². The molecule has 0 atom stereocenters. The van der Waals surface area contributed by atoms with Gasteiger partial charge >= 0.3 is 12.4 Å². The second-order valence-electron chi connectivity index (χ2n) is 8.93. The summed E-state index contributed by atoms with van der Waals surface area (Å²) in [5.41, 5.74) is 1.14. The molecule has 2 heterocycles. The number of hydrogen-bond donors (Lipinski definition) is 0. The Morgan fingerprint density at radius 1 is 0.425 bits per heavy atom. The number of rotatable bonds is 0. The Hall–Kier alpha value is -4.24.